The average molecular weight is 504 g/mol. The number of anilines is 1. The van der Waals surface area contributed by atoms with Crippen molar-refractivity contribution in [1.82, 2.24) is 10.2 Å². The number of benzene rings is 2. The van der Waals surface area contributed by atoms with Crippen LogP contribution in [0.15, 0.2) is 54.6 Å². The van der Waals surface area contributed by atoms with E-state index in [0.717, 1.165) is 60.4 Å². The first-order valence-corrected chi connectivity index (χ1v) is 13.9. The molecule has 3 rings (SSSR count). The van der Waals surface area contributed by atoms with Crippen molar-refractivity contribution in [3.63, 3.8) is 0 Å². The van der Waals surface area contributed by atoms with Crippen LogP contribution < -0.4 is 9.62 Å². The summed E-state index contributed by atoms with van der Waals surface area (Å²) in [4.78, 5) is 28.0. The van der Waals surface area contributed by atoms with Gasteiger partial charge in [-0.25, -0.2) is 12.8 Å². The Morgan fingerprint density at radius 1 is 1.03 bits per heavy atom. The molecule has 1 N–H and O–H groups in total. The maximum absolute atomic E-state index is 13.5. The van der Waals surface area contributed by atoms with Crippen molar-refractivity contribution in [2.75, 3.05) is 23.7 Å². The highest BCUT2D eigenvalue weighted by molar-refractivity contribution is 7.92. The Morgan fingerprint density at radius 2 is 1.66 bits per heavy atom. The van der Waals surface area contributed by atoms with Crippen LogP contribution in [0.2, 0.25) is 0 Å². The van der Waals surface area contributed by atoms with Gasteiger partial charge in [0.15, 0.2) is 0 Å². The summed E-state index contributed by atoms with van der Waals surface area (Å²) in [6.07, 6.45) is 6.65. The molecular formula is C26H34FN3O4S. The third kappa shape index (κ3) is 7.78. The number of hydrogen-bond donors (Lipinski definition) is 1. The average Bonchev–Trinajstić information content (AvgIpc) is 2.84. The van der Waals surface area contributed by atoms with E-state index in [2.05, 4.69) is 5.32 Å². The van der Waals surface area contributed by atoms with E-state index in [4.69, 9.17) is 0 Å². The number of carbonyl (C=O) groups excluding carboxylic acids is 2. The number of halogens is 1. The van der Waals surface area contributed by atoms with Crippen molar-refractivity contribution in [3.8, 4) is 0 Å². The molecule has 1 saturated carbocycles. The van der Waals surface area contributed by atoms with Crippen LogP contribution >= 0.6 is 0 Å². The largest absolute Gasteiger partial charge is 0.352 e. The van der Waals surface area contributed by atoms with Gasteiger partial charge in [0.05, 0.1) is 11.9 Å². The standard InChI is InChI=1S/C26H34FN3O4S/c1-20(26(32)28-23-11-7-4-8-12-23)29(18-17-21-9-5-3-6-10-21)25(31)19-30(35(2,33)34)24-15-13-22(27)14-16-24/h3,5-6,9-10,13-16,20,23H,4,7-8,11-12,17-19H2,1-2H3,(H,28,32)/t20-/m0/s1. The summed E-state index contributed by atoms with van der Waals surface area (Å²) in [6, 6.07) is 13.8. The predicted molar refractivity (Wildman–Crippen MR) is 135 cm³/mol. The van der Waals surface area contributed by atoms with Crippen LogP contribution in [0, 0.1) is 5.82 Å². The molecule has 0 aliphatic heterocycles. The Morgan fingerprint density at radius 3 is 2.26 bits per heavy atom. The van der Waals surface area contributed by atoms with Gasteiger partial charge in [-0.1, -0.05) is 49.6 Å². The first-order chi connectivity index (χ1) is 16.6. The van der Waals surface area contributed by atoms with Crippen LogP contribution in [0.4, 0.5) is 10.1 Å². The molecule has 2 amide bonds. The quantitative estimate of drug-likeness (QED) is 0.538. The minimum atomic E-state index is -3.83. The number of nitrogens with one attached hydrogen (secondary N) is 1. The molecule has 1 aliphatic rings. The summed E-state index contributed by atoms with van der Waals surface area (Å²) in [7, 11) is -3.83. The van der Waals surface area contributed by atoms with Gasteiger partial charge in [0.25, 0.3) is 0 Å². The highest BCUT2D eigenvalue weighted by atomic mass is 32.2. The lowest BCUT2D eigenvalue weighted by molar-refractivity contribution is -0.139. The van der Waals surface area contributed by atoms with E-state index in [0.29, 0.717) is 6.42 Å². The SMILES string of the molecule is C[C@@H](C(=O)NC1CCCCC1)N(CCc1ccccc1)C(=O)CN(c1ccc(F)cc1)S(C)(=O)=O. The Balaban J connectivity index is 1.80. The van der Waals surface area contributed by atoms with E-state index in [1.54, 1.807) is 6.92 Å². The smallest absolute Gasteiger partial charge is 0.244 e. The summed E-state index contributed by atoms with van der Waals surface area (Å²) in [5.41, 5.74) is 1.19. The summed E-state index contributed by atoms with van der Waals surface area (Å²) in [5.74, 6) is -1.25. The molecule has 1 fully saturated rings. The van der Waals surface area contributed by atoms with E-state index in [1.165, 1.54) is 17.0 Å². The molecule has 0 unspecified atom stereocenters. The zero-order chi connectivity index (χ0) is 25.4. The molecule has 35 heavy (non-hydrogen) atoms. The minimum absolute atomic E-state index is 0.0940. The lowest BCUT2D eigenvalue weighted by Gasteiger charge is -2.33. The summed E-state index contributed by atoms with van der Waals surface area (Å²) < 4.78 is 39.3. The number of nitrogens with zero attached hydrogens (tertiary/aromatic N) is 2. The summed E-state index contributed by atoms with van der Waals surface area (Å²) in [6.45, 7) is 1.44. The van der Waals surface area contributed by atoms with E-state index < -0.39 is 34.3 Å². The molecule has 0 heterocycles. The second-order valence-corrected chi connectivity index (χ2v) is 11.0. The van der Waals surface area contributed by atoms with Crippen molar-refractivity contribution in [1.29, 1.82) is 0 Å². The Hall–Kier alpha value is -2.94. The molecule has 0 saturated heterocycles. The molecule has 0 aromatic heterocycles. The maximum Gasteiger partial charge on any atom is 0.244 e. The van der Waals surface area contributed by atoms with Crippen molar-refractivity contribution >= 4 is 27.5 Å². The first kappa shape index (κ1) is 26.7. The van der Waals surface area contributed by atoms with Gasteiger partial charge >= 0.3 is 0 Å². The Kier molecular flexibility index (Phi) is 9.26. The van der Waals surface area contributed by atoms with Crippen LogP contribution in [0.5, 0.6) is 0 Å². The monoisotopic (exact) mass is 503 g/mol. The molecule has 1 atom stereocenters. The lowest BCUT2D eigenvalue weighted by Crippen LogP contribution is -2.53. The summed E-state index contributed by atoms with van der Waals surface area (Å²) >= 11 is 0. The maximum atomic E-state index is 13.5. The number of rotatable bonds is 10. The van der Waals surface area contributed by atoms with Crippen molar-refractivity contribution in [3.05, 3.63) is 66.0 Å². The number of sulfonamides is 1. The normalized spacial score (nSPS) is 15.3. The fraction of sp³-hybridized carbons (Fsp3) is 0.462. The molecule has 190 valence electrons. The van der Waals surface area contributed by atoms with Crippen LogP contribution in [-0.2, 0) is 26.0 Å². The van der Waals surface area contributed by atoms with Gasteiger partial charge in [0.2, 0.25) is 21.8 Å². The highest BCUT2D eigenvalue weighted by Crippen LogP contribution is 2.20. The van der Waals surface area contributed by atoms with Gasteiger partial charge in [0, 0.05) is 12.6 Å². The van der Waals surface area contributed by atoms with E-state index in [1.807, 2.05) is 30.3 Å². The van der Waals surface area contributed by atoms with Gasteiger partial charge in [-0.05, 0) is 56.0 Å². The van der Waals surface area contributed by atoms with Crippen LogP contribution in [0.25, 0.3) is 0 Å². The summed E-state index contributed by atoms with van der Waals surface area (Å²) in [5, 5.41) is 3.07. The Bertz CT molecular complexity index is 1090. The fourth-order valence-corrected chi connectivity index (χ4v) is 5.21. The van der Waals surface area contributed by atoms with Crippen molar-refractivity contribution in [2.24, 2.45) is 0 Å². The molecule has 2 aromatic rings. The molecular weight excluding hydrogens is 469 g/mol. The van der Waals surface area contributed by atoms with Gasteiger partial charge < -0.3 is 10.2 Å². The van der Waals surface area contributed by atoms with Crippen molar-refractivity contribution in [2.45, 2.75) is 57.5 Å². The third-order valence-electron chi connectivity index (χ3n) is 6.40. The van der Waals surface area contributed by atoms with Crippen LogP contribution in [0.1, 0.15) is 44.6 Å². The second-order valence-electron chi connectivity index (χ2n) is 9.09. The van der Waals surface area contributed by atoms with Gasteiger partial charge in [-0.2, -0.15) is 0 Å². The Labute approximate surface area is 207 Å². The van der Waals surface area contributed by atoms with Crippen molar-refractivity contribution < 1.29 is 22.4 Å². The zero-order valence-corrected chi connectivity index (χ0v) is 21.1. The van der Waals surface area contributed by atoms with E-state index >= 15 is 0 Å². The fourth-order valence-electron chi connectivity index (χ4n) is 4.36. The van der Waals surface area contributed by atoms with Crippen LogP contribution in [-0.4, -0.2) is 56.6 Å². The molecule has 1 aliphatic carbocycles. The van der Waals surface area contributed by atoms with Gasteiger partial charge in [0.1, 0.15) is 18.4 Å². The molecule has 7 nitrogen and oxygen atoms in total. The van der Waals surface area contributed by atoms with E-state index in [9.17, 15) is 22.4 Å². The number of carbonyl (C=O) groups is 2. The number of hydrogen-bond acceptors (Lipinski definition) is 4. The molecule has 2 aromatic carbocycles. The van der Waals surface area contributed by atoms with Crippen LogP contribution in [0.3, 0.4) is 0 Å². The first-order valence-electron chi connectivity index (χ1n) is 12.0. The minimum Gasteiger partial charge on any atom is -0.352 e. The highest BCUT2D eigenvalue weighted by Gasteiger charge is 2.30. The molecule has 0 radical (unpaired) electrons. The van der Waals surface area contributed by atoms with Gasteiger partial charge in [-0.15, -0.1) is 0 Å². The zero-order valence-electron chi connectivity index (χ0n) is 20.3. The molecule has 9 heteroatoms. The third-order valence-corrected chi connectivity index (χ3v) is 7.54. The molecule has 0 spiro atoms. The van der Waals surface area contributed by atoms with E-state index in [-0.39, 0.29) is 24.2 Å². The van der Waals surface area contributed by atoms with Gasteiger partial charge in [-0.3, -0.25) is 13.9 Å². The second kappa shape index (κ2) is 12.2. The topological polar surface area (TPSA) is 86.8 Å². The molecule has 0 bridgehead atoms. The lowest BCUT2D eigenvalue weighted by atomic mass is 9.95. The number of amides is 2. The predicted octanol–water partition coefficient (Wildman–Crippen LogP) is 3.50.